The Bertz CT molecular complexity index is 629. The molecule has 0 unspecified atom stereocenters. The molecule has 1 heterocycles. The smallest absolute Gasteiger partial charge is 0.381 e. The molecule has 0 radical (unpaired) electrons. The summed E-state index contributed by atoms with van der Waals surface area (Å²) in [5.74, 6) is 0.639. The number of alkyl halides is 3. The topological polar surface area (TPSA) is 54.9 Å². The lowest BCUT2D eigenvalue weighted by Crippen LogP contribution is -2.42. The molecule has 0 aliphatic carbocycles. The molecular weight excluding hydrogens is 371 g/mol. The van der Waals surface area contributed by atoms with Gasteiger partial charge < -0.3 is 20.1 Å². The van der Waals surface area contributed by atoms with Gasteiger partial charge in [0, 0.05) is 38.3 Å². The molecule has 0 spiro atoms. The molecule has 8 heteroatoms. The largest absolute Gasteiger partial charge is 0.416 e. The monoisotopic (exact) mass is 401 g/mol. The van der Waals surface area contributed by atoms with Gasteiger partial charge in [-0.25, -0.2) is 0 Å². The summed E-state index contributed by atoms with van der Waals surface area (Å²) in [5, 5.41) is 6.38. The van der Waals surface area contributed by atoms with Crippen LogP contribution in [0.2, 0.25) is 0 Å². The summed E-state index contributed by atoms with van der Waals surface area (Å²) >= 11 is 0. The molecule has 2 N–H and O–H groups in total. The van der Waals surface area contributed by atoms with Crippen molar-refractivity contribution in [3.8, 4) is 0 Å². The van der Waals surface area contributed by atoms with Gasteiger partial charge in [-0.2, -0.15) is 13.2 Å². The van der Waals surface area contributed by atoms with Crippen LogP contribution in [0.3, 0.4) is 0 Å². The highest BCUT2D eigenvalue weighted by atomic mass is 19.4. The number of nitrogens with zero attached hydrogens (tertiary/aromatic N) is 1. The van der Waals surface area contributed by atoms with Crippen LogP contribution in [0.1, 0.15) is 37.8 Å². The van der Waals surface area contributed by atoms with Crippen LogP contribution in [0.25, 0.3) is 0 Å². The highest BCUT2D eigenvalue weighted by Crippen LogP contribution is 2.38. The van der Waals surface area contributed by atoms with E-state index >= 15 is 0 Å². The molecule has 1 aliphatic heterocycles. The Morgan fingerprint density at radius 2 is 1.96 bits per heavy atom. The first-order valence-electron chi connectivity index (χ1n) is 9.76. The van der Waals surface area contributed by atoms with E-state index in [9.17, 15) is 13.2 Å². The summed E-state index contributed by atoms with van der Waals surface area (Å²) in [6.07, 6.45) is -3.09. The van der Waals surface area contributed by atoms with Gasteiger partial charge in [0.2, 0.25) is 0 Å². The van der Waals surface area contributed by atoms with Crippen LogP contribution in [0, 0.1) is 0 Å². The Balaban J connectivity index is 2.22. The first-order valence-corrected chi connectivity index (χ1v) is 9.76. The fraction of sp³-hybridized carbons (Fsp3) is 0.650. The van der Waals surface area contributed by atoms with Gasteiger partial charge in [-0.1, -0.05) is 18.2 Å². The van der Waals surface area contributed by atoms with Crippen LogP contribution in [0.15, 0.2) is 29.3 Å². The van der Waals surface area contributed by atoms with Crippen molar-refractivity contribution >= 4 is 5.96 Å². The average molecular weight is 401 g/mol. The lowest BCUT2D eigenvalue weighted by Gasteiger charge is -2.37. The second-order valence-electron chi connectivity index (χ2n) is 6.79. The summed E-state index contributed by atoms with van der Waals surface area (Å²) in [6, 6.07) is 5.62. The van der Waals surface area contributed by atoms with Crippen molar-refractivity contribution in [2.75, 3.05) is 46.1 Å². The number of guanidine groups is 1. The SMILES string of the molecule is CCNC(=NCC1(c2cccc(C(F)(F)F)c2)CCOCC1)NCCOCC. The fourth-order valence-corrected chi connectivity index (χ4v) is 3.28. The zero-order valence-electron chi connectivity index (χ0n) is 16.6. The number of rotatable bonds is 8. The number of ether oxygens (including phenoxy) is 2. The molecule has 28 heavy (non-hydrogen) atoms. The van der Waals surface area contributed by atoms with E-state index in [1.54, 1.807) is 6.07 Å². The van der Waals surface area contributed by atoms with Crippen LogP contribution < -0.4 is 10.6 Å². The average Bonchev–Trinajstić information content (AvgIpc) is 2.69. The molecule has 0 saturated carbocycles. The zero-order chi connectivity index (χ0) is 20.5. The molecule has 1 saturated heterocycles. The predicted molar refractivity (Wildman–Crippen MR) is 104 cm³/mol. The van der Waals surface area contributed by atoms with Crippen molar-refractivity contribution in [2.45, 2.75) is 38.3 Å². The van der Waals surface area contributed by atoms with E-state index in [0.717, 1.165) is 6.07 Å². The molecule has 1 aliphatic rings. The molecule has 1 aromatic rings. The number of nitrogens with one attached hydrogen (secondary N) is 2. The Morgan fingerprint density at radius 3 is 2.61 bits per heavy atom. The summed E-state index contributed by atoms with van der Waals surface area (Å²) in [4.78, 5) is 4.68. The normalized spacial score (nSPS) is 17.4. The van der Waals surface area contributed by atoms with Gasteiger partial charge in [0.1, 0.15) is 0 Å². The summed E-state index contributed by atoms with van der Waals surface area (Å²) in [6.45, 7) is 7.84. The summed E-state index contributed by atoms with van der Waals surface area (Å²) in [5.41, 5.74) is -0.428. The van der Waals surface area contributed by atoms with E-state index in [0.29, 0.717) is 70.4 Å². The number of benzene rings is 1. The van der Waals surface area contributed by atoms with Crippen LogP contribution in [0.4, 0.5) is 13.2 Å². The molecule has 2 rings (SSSR count). The molecule has 0 aromatic heterocycles. The Hall–Kier alpha value is -1.80. The van der Waals surface area contributed by atoms with E-state index in [2.05, 4.69) is 15.6 Å². The van der Waals surface area contributed by atoms with Crippen LogP contribution in [0.5, 0.6) is 0 Å². The standard InChI is InChI=1S/C20H30F3N3O2/c1-3-24-18(25-10-13-27-4-2)26-15-19(8-11-28-12-9-19)16-6-5-7-17(14-16)20(21,22)23/h5-7,14H,3-4,8-13,15H2,1-2H3,(H2,24,25,26). The van der Waals surface area contributed by atoms with Crippen molar-refractivity contribution in [1.82, 2.24) is 10.6 Å². The third-order valence-electron chi connectivity index (χ3n) is 4.88. The zero-order valence-corrected chi connectivity index (χ0v) is 16.6. The Morgan fingerprint density at radius 1 is 1.21 bits per heavy atom. The lowest BCUT2D eigenvalue weighted by atomic mass is 9.74. The third kappa shape index (κ3) is 6.38. The van der Waals surface area contributed by atoms with E-state index in [4.69, 9.17) is 9.47 Å². The molecule has 1 fully saturated rings. The molecule has 158 valence electrons. The highest BCUT2D eigenvalue weighted by Gasteiger charge is 2.37. The molecule has 0 atom stereocenters. The highest BCUT2D eigenvalue weighted by molar-refractivity contribution is 5.79. The first kappa shape index (κ1) is 22.5. The molecule has 1 aromatic carbocycles. The quantitative estimate of drug-likeness (QED) is 0.399. The van der Waals surface area contributed by atoms with Gasteiger partial charge in [-0.15, -0.1) is 0 Å². The van der Waals surface area contributed by atoms with Gasteiger partial charge in [-0.05, 0) is 38.3 Å². The van der Waals surface area contributed by atoms with Crippen LogP contribution >= 0.6 is 0 Å². The van der Waals surface area contributed by atoms with Gasteiger partial charge in [-0.3, -0.25) is 4.99 Å². The van der Waals surface area contributed by atoms with Gasteiger partial charge in [0.05, 0.1) is 18.7 Å². The van der Waals surface area contributed by atoms with Gasteiger partial charge >= 0.3 is 6.18 Å². The molecular formula is C20H30F3N3O2. The summed E-state index contributed by atoms with van der Waals surface area (Å²) < 4.78 is 50.4. The Kier molecular flexibility index (Phi) is 8.57. The maximum atomic E-state index is 13.2. The lowest BCUT2D eigenvalue weighted by molar-refractivity contribution is -0.137. The van der Waals surface area contributed by atoms with Crippen LogP contribution in [-0.2, 0) is 21.1 Å². The molecule has 0 amide bonds. The minimum Gasteiger partial charge on any atom is -0.381 e. The fourth-order valence-electron chi connectivity index (χ4n) is 3.28. The first-order chi connectivity index (χ1) is 13.4. The van der Waals surface area contributed by atoms with E-state index in [1.165, 1.54) is 12.1 Å². The van der Waals surface area contributed by atoms with E-state index < -0.39 is 17.2 Å². The van der Waals surface area contributed by atoms with Crippen molar-refractivity contribution in [3.05, 3.63) is 35.4 Å². The van der Waals surface area contributed by atoms with Crippen LogP contribution in [-0.4, -0.2) is 52.0 Å². The van der Waals surface area contributed by atoms with E-state index in [-0.39, 0.29) is 0 Å². The summed E-state index contributed by atoms with van der Waals surface area (Å²) in [7, 11) is 0. The number of aliphatic imine (C=N–C) groups is 1. The second kappa shape index (κ2) is 10.7. The maximum absolute atomic E-state index is 13.2. The minimum absolute atomic E-state index is 0.391. The van der Waals surface area contributed by atoms with Gasteiger partial charge in [0.15, 0.2) is 5.96 Å². The van der Waals surface area contributed by atoms with Crippen molar-refractivity contribution in [1.29, 1.82) is 0 Å². The van der Waals surface area contributed by atoms with Crippen molar-refractivity contribution in [2.24, 2.45) is 4.99 Å². The minimum atomic E-state index is -4.36. The van der Waals surface area contributed by atoms with Crippen molar-refractivity contribution in [3.63, 3.8) is 0 Å². The molecule has 0 bridgehead atoms. The van der Waals surface area contributed by atoms with E-state index in [1.807, 2.05) is 13.8 Å². The molecule has 5 nitrogen and oxygen atoms in total. The number of hydrogen-bond donors (Lipinski definition) is 2. The second-order valence-corrected chi connectivity index (χ2v) is 6.79. The Labute approximate surface area is 164 Å². The third-order valence-corrected chi connectivity index (χ3v) is 4.88. The number of halogens is 3. The number of hydrogen-bond acceptors (Lipinski definition) is 3. The van der Waals surface area contributed by atoms with Crippen molar-refractivity contribution < 1.29 is 22.6 Å². The maximum Gasteiger partial charge on any atom is 0.416 e. The van der Waals surface area contributed by atoms with Gasteiger partial charge in [0.25, 0.3) is 0 Å². The predicted octanol–water partition coefficient (Wildman–Crippen LogP) is 3.35.